The van der Waals surface area contributed by atoms with E-state index in [-0.39, 0.29) is 67.9 Å². The standard InChI is InChI=1S/C29H29F5N2O9/c1-26(14-41-20-13-22-21(11-17(20)26)44-29(33,34)45-22)24(39)35-18-12-23(27(4-5-27)25(40)36(6-8-37)7-9-38)42-19-10-15(2-3-16(18)19)43-28(30,31)32/h2-3,10-11,13,18,23,37-38H,4-9,12,14H2,1H3,(H,35,39)/t18-,23-,26?/m0/s1. The van der Waals surface area contributed by atoms with E-state index in [4.69, 9.17) is 9.47 Å². The zero-order valence-corrected chi connectivity index (χ0v) is 23.8. The number of benzene rings is 2. The van der Waals surface area contributed by atoms with E-state index >= 15 is 0 Å². The summed E-state index contributed by atoms with van der Waals surface area (Å²) >= 11 is 0. The molecule has 244 valence electrons. The summed E-state index contributed by atoms with van der Waals surface area (Å²) in [5.74, 6) is -1.97. The van der Waals surface area contributed by atoms with E-state index < -0.39 is 53.2 Å². The number of nitrogens with zero attached hydrogens (tertiary/aromatic N) is 1. The third kappa shape index (κ3) is 5.65. The Morgan fingerprint density at radius 2 is 1.69 bits per heavy atom. The first-order valence-corrected chi connectivity index (χ1v) is 14.1. The highest BCUT2D eigenvalue weighted by molar-refractivity contribution is 5.91. The number of alkyl halides is 5. The molecule has 3 aliphatic heterocycles. The molecule has 0 saturated heterocycles. The molecule has 0 bridgehead atoms. The SMILES string of the molecule is CC1(C(=O)N[C@H]2C[C@@H](C3(C(=O)N(CCO)CCO)CC3)Oc3cc(OC(F)(F)F)ccc32)COc2cc3c(cc21)OC(F)(F)O3. The van der Waals surface area contributed by atoms with Gasteiger partial charge in [0, 0.05) is 42.8 Å². The minimum atomic E-state index is -4.98. The Bertz CT molecular complexity index is 1510. The van der Waals surface area contributed by atoms with Crippen LogP contribution in [0.4, 0.5) is 22.0 Å². The highest BCUT2D eigenvalue weighted by Crippen LogP contribution is 2.56. The average molecular weight is 645 g/mol. The summed E-state index contributed by atoms with van der Waals surface area (Å²) in [5.41, 5.74) is -1.92. The predicted octanol–water partition coefficient (Wildman–Crippen LogP) is 3.16. The summed E-state index contributed by atoms with van der Waals surface area (Å²) < 4.78 is 91.3. The lowest BCUT2D eigenvalue weighted by atomic mass is 9.81. The van der Waals surface area contributed by atoms with Crippen LogP contribution >= 0.6 is 0 Å². The number of carbonyl (C=O) groups excluding carboxylic acids is 2. The van der Waals surface area contributed by atoms with Crippen molar-refractivity contribution in [2.24, 2.45) is 5.41 Å². The topological polar surface area (TPSA) is 136 Å². The molecular formula is C29H29F5N2O9. The Morgan fingerprint density at radius 1 is 1.02 bits per heavy atom. The van der Waals surface area contributed by atoms with E-state index in [2.05, 4.69) is 19.5 Å². The molecule has 1 saturated carbocycles. The van der Waals surface area contributed by atoms with Crippen LogP contribution < -0.4 is 29.0 Å². The molecule has 2 aromatic rings. The monoisotopic (exact) mass is 644 g/mol. The molecule has 1 aliphatic carbocycles. The van der Waals surface area contributed by atoms with Crippen molar-refractivity contribution in [3.8, 4) is 28.7 Å². The third-order valence-electron chi connectivity index (χ3n) is 8.59. The number of nitrogens with one attached hydrogen (secondary N) is 1. The first kappa shape index (κ1) is 31.0. The molecule has 4 aliphatic rings. The zero-order valence-electron chi connectivity index (χ0n) is 23.8. The first-order chi connectivity index (χ1) is 21.2. The van der Waals surface area contributed by atoms with Crippen molar-refractivity contribution < 1.29 is 65.4 Å². The van der Waals surface area contributed by atoms with Crippen LogP contribution in [0.1, 0.15) is 43.4 Å². The van der Waals surface area contributed by atoms with Gasteiger partial charge in [0.25, 0.3) is 0 Å². The minimum Gasteiger partial charge on any atom is -0.492 e. The Balaban J connectivity index is 1.31. The number of hydrogen-bond acceptors (Lipinski definition) is 9. The second-order valence-electron chi connectivity index (χ2n) is 11.6. The van der Waals surface area contributed by atoms with E-state index in [1.165, 1.54) is 23.1 Å². The van der Waals surface area contributed by atoms with Gasteiger partial charge in [0.1, 0.15) is 35.4 Å². The van der Waals surface area contributed by atoms with E-state index in [9.17, 15) is 41.8 Å². The van der Waals surface area contributed by atoms with Gasteiger partial charge in [0.15, 0.2) is 11.5 Å². The molecule has 3 atom stereocenters. The fourth-order valence-corrected chi connectivity index (χ4v) is 6.13. The summed E-state index contributed by atoms with van der Waals surface area (Å²) in [6.45, 7) is 0.581. The molecule has 16 heteroatoms. The molecule has 2 aromatic carbocycles. The van der Waals surface area contributed by atoms with Gasteiger partial charge in [0.2, 0.25) is 11.8 Å². The van der Waals surface area contributed by atoms with Gasteiger partial charge in [-0.3, -0.25) is 9.59 Å². The lowest BCUT2D eigenvalue weighted by molar-refractivity contribution is -0.286. The highest BCUT2D eigenvalue weighted by atomic mass is 19.4. The van der Waals surface area contributed by atoms with Crippen LogP contribution in [0.3, 0.4) is 0 Å². The maximum absolute atomic E-state index is 13.9. The molecule has 0 radical (unpaired) electrons. The van der Waals surface area contributed by atoms with Gasteiger partial charge in [-0.05, 0) is 38.0 Å². The summed E-state index contributed by atoms with van der Waals surface area (Å²) in [6.07, 6.45) is -8.98. The van der Waals surface area contributed by atoms with Crippen LogP contribution in [0, 0.1) is 5.41 Å². The minimum absolute atomic E-state index is 0.0351. The maximum Gasteiger partial charge on any atom is 0.586 e. The van der Waals surface area contributed by atoms with Gasteiger partial charge >= 0.3 is 12.7 Å². The van der Waals surface area contributed by atoms with Gasteiger partial charge in [0.05, 0.1) is 24.7 Å². The number of aliphatic hydroxyl groups excluding tert-OH is 2. The van der Waals surface area contributed by atoms with Crippen LogP contribution in [0.15, 0.2) is 30.3 Å². The number of amides is 2. The van der Waals surface area contributed by atoms with E-state index in [0.717, 1.165) is 12.1 Å². The Labute approximate surface area is 252 Å². The number of fused-ring (bicyclic) bond motifs is 3. The fraction of sp³-hybridized carbons (Fsp3) is 0.517. The zero-order chi connectivity index (χ0) is 32.4. The molecule has 11 nitrogen and oxygen atoms in total. The van der Waals surface area contributed by atoms with Crippen LogP contribution in [0.2, 0.25) is 0 Å². The largest absolute Gasteiger partial charge is 0.586 e. The van der Waals surface area contributed by atoms with Crippen LogP contribution in [-0.2, 0) is 15.0 Å². The molecule has 3 heterocycles. The molecule has 6 rings (SSSR count). The fourth-order valence-electron chi connectivity index (χ4n) is 6.13. The Hall–Kier alpha value is -4.05. The van der Waals surface area contributed by atoms with Gasteiger partial charge in [-0.15, -0.1) is 22.0 Å². The van der Waals surface area contributed by atoms with E-state index in [0.29, 0.717) is 18.4 Å². The highest BCUT2D eigenvalue weighted by Gasteiger charge is 2.60. The van der Waals surface area contributed by atoms with Crippen molar-refractivity contribution >= 4 is 11.8 Å². The quantitative estimate of drug-likeness (QED) is 0.352. The number of ether oxygens (including phenoxy) is 5. The molecule has 1 unspecified atom stereocenters. The van der Waals surface area contributed by atoms with Crippen molar-refractivity contribution in [2.75, 3.05) is 32.9 Å². The lowest BCUT2D eigenvalue weighted by Crippen LogP contribution is -2.51. The average Bonchev–Trinajstić information content (AvgIpc) is 3.62. The summed E-state index contributed by atoms with van der Waals surface area (Å²) in [4.78, 5) is 28.8. The van der Waals surface area contributed by atoms with Gasteiger partial charge < -0.3 is 44.1 Å². The number of halogens is 5. The molecule has 0 spiro atoms. The smallest absolute Gasteiger partial charge is 0.492 e. The normalized spacial score (nSPS) is 24.9. The molecule has 45 heavy (non-hydrogen) atoms. The first-order valence-electron chi connectivity index (χ1n) is 14.1. The molecule has 0 aromatic heterocycles. The molecule has 2 amide bonds. The second-order valence-corrected chi connectivity index (χ2v) is 11.6. The number of aliphatic hydroxyl groups is 2. The van der Waals surface area contributed by atoms with Crippen LogP contribution in [0.25, 0.3) is 0 Å². The van der Waals surface area contributed by atoms with E-state index in [1.807, 2.05) is 0 Å². The maximum atomic E-state index is 13.9. The van der Waals surface area contributed by atoms with Crippen LogP contribution in [-0.4, -0.2) is 78.6 Å². The summed E-state index contributed by atoms with van der Waals surface area (Å²) in [6, 6.07) is 5.02. The van der Waals surface area contributed by atoms with Crippen molar-refractivity contribution in [3.05, 3.63) is 41.5 Å². The number of carbonyl (C=O) groups is 2. The number of hydrogen-bond donors (Lipinski definition) is 3. The van der Waals surface area contributed by atoms with Gasteiger partial charge in [-0.1, -0.05) is 0 Å². The van der Waals surface area contributed by atoms with Crippen molar-refractivity contribution in [1.29, 1.82) is 0 Å². The molecule has 1 fully saturated rings. The van der Waals surface area contributed by atoms with Crippen LogP contribution in [0.5, 0.6) is 28.7 Å². The third-order valence-corrected chi connectivity index (χ3v) is 8.59. The van der Waals surface area contributed by atoms with Gasteiger partial charge in [-0.25, -0.2) is 0 Å². The summed E-state index contributed by atoms with van der Waals surface area (Å²) in [7, 11) is 0. The number of rotatable bonds is 9. The Kier molecular flexibility index (Phi) is 7.42. The Morgan fingerprint density at radius 3 is 2.31 bits per heavy atom. The predicted molar refractivity (Wildman–Crippen MR) is 141 cm³/mol. The summed E-state index contributed by atoms with van der Waals surface area (Å²) in [5, 5.41) is 21.8. The van der Waals surface area contributed by atoms with Crippen molar-refractivity contribution in [3.63, 3.8) is 0 Å². The molecule has 3 N–H and O–H groups in total. The molecular weight excluding hydrogens is 615 g/mol. The second kappa shape index (κ2) is 10.8. The van der Waals surface area contributed by atoms with Gasteiger partial charge in [-0.2, -0.15) is 0 Å². The van der Waals surface area contributed by atoms with Crippen molar-refractivity contribution in [2.45, 2.75) is 56.4 Å². The van der Waals surface area contributed by atoms with E-state index in [1.54, 1.807) is 6.92 Å². The van der Waals surface area contributed by atoms with Crippen molar-refractivity contribution in [1.82, 2.24) is 10.2 Å². The lowest BCUT2D eigenvalue weighted by Gasteiger charge is -2.39.